The van der Waals surface area contributed by atoms with Crippen LogP contribution in [-0.2, 0) is 20.8 Å². The van der Waals surface area contributed by atoms with Gasteiger partial charge in [0, 0.05) is 15.2 Å². The van der Waals surface area contributed by atoms with Gasteiger partial charge in [-0.1, -0.05) is 97.3 Å². The van der Waals surface area contributed by atoms with Crippen molar-refractivity contribution >= 4 is 32.2 Å². The molecule has 0 radical (unpaired) electrons. The van der Waals surface area contributed by atoms with E-state index in [2.05, 4.69) is 33.1 Å². The van der Waals surface area contributed by atoms with Crippen molar-refractivity contribution in [2.75, 3.05) is 0 Å². The molecule has 0 heterocycles. The number of halogens is 2. The van der Waals surface area contributed by atoms with Crippen LogP contribution in [0.3, 0.4) is 0 Å². The third-order valence-electron chi connectivity index (χ3n) is 10.8. The van der Waals surface area contributed by atoms with E-state index in [1.165, 1.54) is 23.9 Å². The summed E-state index contributed by atoms with van der Waals surface area (Å²) in [6.07, 6.45) is 19.0. The summed E-state index contributed by atoms with van der Waals surface area (Å²) in [5.74, 6) is 5.69. The van der Waals surface area contributed by atoms with Crippen LogP contribution in [0.2, 0.25) is 37.3 Å². The molecule has 0 amide bonds. The van der Waals surface area contributed by atoms with E-state index < -0.39 is 36.0 Å². The summed E-state index contributed by atoms with van der Waals surface area (Å²) >= 11 is -0.826. The van der Waals surface area contributed by atoms with E-state index in [0.29, 0.717) is 0 Å². The van der Waals surface area contributed by atoms with Crippen LogP contribution in [0.15, 0.2) is 0 Å². The molecule has 0 aromatic rings. The second kappa shape index (κ2) is 13.3. The van der Waals surface area contributed by atoms with E-state index in [1.807, 2.05) is 0 Å². The second-order valence-electron chi connectivity index (χ2n) is 12.2. The Morgan fingerprint density at radius 3 is 1.97 bits per heavy atom. The van der Waals surface area contributed by atoms with Crippen molar-refractivity contribution in [1.82, 2.24) is 0 Å². The molecule has 0 nitrogen and oxygen atoms in total. The Kier molecular flexibility index (Phi) is 13.2. The van der Waals surface area contributed by atoms with Gasteiger partial charge >= 0.3 is 37.9 Å². The quantitative estimate of drug-likeness (QED) is 0.223. The molecule has 7 atom stereocenters. The van der Waals surface area contributed by atoms with E-state index in [0.717, 1.165) is 29.6 Å². The van der Waals surface area contributed by atoms with Gasteiger partial charge in [0.05, 0.1) is 0 Å². The van der Waals surface area contributed by atoms with Crippen molar-refractivity contribution in [2.45, 2.75) is 121 Å². The van der Waals surface area contributed by atoms with Gasteiger partial charge in [0.15, 0.2) is 0 Å². The molecule has 7 unspecified atom stereocenters. The van der Waals surface area contributed by atoms with E-state index in [1.54, 1.807) is 64.2 Å². The first-order chi connectivity index (χ1) is 13.8. The fourth-order valence-electron chi connectivity index (χ4n) is 8.57. The monoisotopic (exact) mass is 580 g/mol. The Balaban J connectivity index is 0.000000910. The first kappa shape index (κ1) is 30.9. The van der Waals surface area contributed by atoms with Crippen LogP contribution in [0.25, 0.3) is 0 Å². The summed E-state index contributed by atoms with van der Waals surface area (Å²) < 4.78 is 0. The van der Waals surface area contributed by atoms with Crippen LogP contribution in [0.4, 0.5) is 0 Å². The van der Waals surface area contributed by atoms with Crippen LogP contribution in [0, 0.1) is 44.4 Å². The molecule has 5 heteroatoms. The standard InChI is InChI=1S/C24H46Si2.2CH3.2ClH.Zr/c1-6-8-18-11-13-22(15-18)25(2,3)26(4,5)24-14-12-21-16-19-9-7-10-20(19)17-23(21)24;;;;;/h18-24H,6-17H2,1-5H3;2*1H3;2*1H;/q;2*-1;;;+4/p-2. The van der Waals surface area contributed by atoms with Crippen molar-refractivity contribution in [3.05, 3.63) is 14.9 Å². The molecule has 4 saturated carbocycles. The van der Waals surface area contributed by atoms with Crippen molar-refractivity contribution in [2.24, 2.45) is 29.6 Å². The molecule has 0 aromatic heterocycles. The Morgan fingerprint density at radius 1 is 0.742 bits per heavy atom. The van der Waals surface area contributed by atoms with Gasteiger partial charge in [0.2, 0.25) is 0 Å². The summed E-state index contributed by atoms with van der Waals surface area (Å²) in [4.78, 5) is 0. The SMILES string of the molecule is CCCC1CCC([Si](C)(C)[Si](C)(C)C2CCC3CC4CCCC4CC32)C1.[CH3-].[CH3-].[Cl][Zr+2][Cl]. The number of hydrogen-bond donors (Lipinski definition) is 0. The fraction of sp³-hybridized carbons (Fsp3) is 0.923. The van der Waals surface area contributed by atoms with Gasteiger partial charge in [0.25, 0.3) is 0 Å². The van der Waals surface area contributed by atoms with Crippen molar-refractivity contribution in [3.63, 3.8) is 0 Å². The second-order valence-corrected chi connectivity index (χ2v) is 32.1. The van der Waals surface area contributed by atoms with Gasteiger partial charge in [-0.2, -0.15) is 0 Å². The molecular weight excluding hydrogens is 531 g/mol. The summed E-state index contributed by atoms with van der Waals surface area (Å²) in [6, 6.07) is 0. The maximum atomic E-state index is 4.93. The predicted molar refractivity (Wildman–Crippen MR) is 146 cm³/mol. The van der Waals surface area contributed by atoms with Crippen molar-refractivity contribution in [1.29, 1.82) is 0 Å². The molecule has 0 bridgehead atoms. The van der Waals surface area contributed by atoms with Crippen LogP contribution >= 0.6 is 17.0 Å². The Morgan fingerprint density at radius 2 is 1.35 bits per heavy atom. The summed E-state index contributed by atoms with van der Waals surface area (Å²) in [6.45, 7) is 13.9. The van der Waals surface area contributed by atoms with Gasteiger partial charge in [0.1, 0.15) is 0 Å². The Hall–Kier alpha value is 1.90. The van der Waals surface area contributed by atoms with Gasteiger partial charge in [-0.05, 0) is 53.5 Å². The number of rotatable bonds is 5. The topological polar surface area (TPSA) is 0 Å². The molecule has 31 heavy (non-hydrogen) atoms. The number of fused-ring (bicyclic) bond motifs is 2. The van der Waals surface area contributed by atoms with Gasteiger partial charge in [-0.3, -0.25) is 0 Å². The molecule has 0 aliphatic heterocycles. The zero-order chi connectivity index (χ0) is 21.2. The van der Waals surface area contributed by atoms with Crippen LogP contribution in [0.1, 0.15) is 84.0 Å². The molecule has 4 fully saturated rings. The fourth-order valence-corrected chi connectivity index (χ4v) is 22.6. The third-order valence-corrected chi connectivity index (χ3v) is 31.6. The Labute approximate surface area is 217 Å². The summed E-state index contributed by atoms with van der Waals surface area (Å²) in [5, 5.41) is 0. The normalized spacial score (nSPS) is 36.8. The molecule has 182 valence electrons. The Bertz CT molecular complexity index is 528. The minimum absolute atomic E-state index is 0. The maximum absolute atomic E-state index is 4.93. The zero-order valence-electron chi connectivity index (χ0n) is 21.8. The molecule has 0 N–H and O–H groups in total. The van der Waals surface area contributed by atoms with Crippen molar-refractivity contribution in [3.8, 4) is 0 Å². The van der Waals surface area contributed by atoms with Crippen LogP contribution in [-0.4, -0.2) is 15.2 Å². The van der Waals surface area contributed by atoms with Gasteiger partial charge < -0.3 is 14.9 Å². The average Bonchev–Trinajstić information content (AvgIpc) is 3.39. The molecule has 0 saturated heterocycles. The average molecular weight is 583 g/mol. The molecule has 4 aliphatic rings. The van der Waals surface area contributed by atoms with Crippen LogP contribution in [0.5, 0.6) is 0 Å². The van der Waals surface area contributed by atoms with Crippen LogP contribution < -0.4 is 0 Å². The third kappa shape index (κ3) is 6.57. The van der Waals surface area contributed by atoms with E-state index in [9.17, 15) is 0 Å². The van der Waals surface area contributed by atoms with Gasteiger partial charge in [-0.25, -0.2) is 0 Å². The predicted octanol–water partition coefficient (Wildman–Crippen LogP) is 10.3. The first-order valence-electron chi connectivity index (χ1n) is 12.7. The first-order valence-corrected chi connectivity index (χ1v) is 26.2. The summed E-state index contributed by atoms with van der Waals surface area (Å²) in [7, 11) is 7.63. The van der Waals surface area contributed by atoms with E-state index >= 15 is 0 Å². The van der Waals surface area contributed by atoms with E-state index in [4.69, 9.17) is 17.0 Å². The summed E-state index contributed by atoms with van der Waals surface area (Å²) in [5.41, 5.74) is 2.36. The molecule has 4 rings (SSSR count). The molecule has 4 aliphatic carbocycles. The van der Waals surface area contributed by atoms with Crippen molar-refractivity contribution < 1.29 is 20.8 Å². The van der Waals surface area contributed by atoms with Gasteiger partial charge in [-0.15, -0.1) is 0 Å². The molecule has 0 aromatic carbocycles. The zero-order valence-corrected chi connectivity index (χ0v) is 27.8. The molecule has 0 spiro atoms. The number of hydrogen-bond acceptors (Lipinski definition) is 0. The van der Waals surface area contributed by atoms with E-state index in [-0.39, 0.29) is 14.9 Å². The minimum atomic E-state index is -1.13. The molecular formula is C26H52Cl2Si2Zr.